The van der Waals surface area contributed by atoms with Gasteiger partial charge in [-0.3, -0.25) is 4.79 Å². The average Bonchev–Trinajstić information content (AvgIpc) is 2.46. The van der Waals surface area contributed by atoms with Gasteiger partial charge in [0.1, 0.15) is 5.82 Å². The number of rotatable bonds is 8. The molecule has 0 fully saturated rings. The van der Waals surface area contributed by atoms with Gasteiger partial charge in [-0.1, -0.05) is 26.0 Å². The van der Waals surface area contributed by atoms with Gasteiger partial charge in [0.2, 0.25) is 0 Å². The number of carbonyl (C=O) groups is 2. The van der Waals surface area contributed by atoms with E-state index in [-0.39, 0.29) is 11.6 Å². The van der Waals surface area contributed by atoms with Gasteiger partial charge < -0.3 is 16.0 Å². The number of nitrogens with one attached hydrogen (secondary N) is 3. The smallest absolute Gasteiger partial charge is 0.314 e. The first-order chi connectivity index (χ1) is 10.5. The number of carbonyl (C=O) groups excluding carboxylic acids is 2. The summed E-state index contributed by atoms with van der Waals surface area (Å²) in [5.41, 5.74) is 0.0295. The summed E-state index contributed by atoms with van der Waals surface area (Å²) in [5.74, 6) is -0.434. The molecule has 0 aliphatic heterocycles. The minimum Gasteiger partial charge on any atom is -0.352 e. The molecule has 0 aliphatic carbocycles. The Labute approximate surface area is 130 Å². The quantitative estimate of drug-likeness (QED) is 0.645. The van der Waals surface area contributed by atoms with Crippen LogP contribution in [0.15, 0.2) is 24.3 Å². The molecule has 0 heterocycles. The largest absolute Gasteiger partial charge is 0.352 e. The third-order valence-corrected chi connectivity index (χ3v) is 3.05. The Hall–Kier alpha value is -2.11. The van der Waals surface area contributed by atoms with Crippen LogP contribution in [0.1, 0.15) is 37.0 Å². The highest BCUT2D eigenvalue weighted by Gasteiger charge is 2.09. The number of amides is 3. The van der Waals surface area contributed by atoms with Gasteiger partial charge in [-0.15, -0.1) is 0 Å². The second-order valence-corrected chi connectivity index (χ2v) is 5.45. The Morgan fingerprint density at radius 3 is 2.36 bits per heavy atom. The molecule has 0 spiro atoms. The topological polar surface area (TPSA) is 70.2 Å². The molecular weight excluding hydrogens is 285 g/mol. The fourth-order valence-electron chi connectivity index (χ4n) is 1.77. The lowest BCUT2D eigenvalue weighted by molar-refractivity contribution is 0.0949. The zero-order chi connectivity index (χ0) is 16.4. The molecule has 122 valence electrons. The normalized spacial score (nSPS) is 10.4. The van der Waals surface area contributed by atoms with Crippen molar-refractivity contribution in [2.45, 2.75) is 26.7 Å². The van der Waals surface area contributed by atoms with E-state index < -0.39 is 11.7 Å². The average molecular weight is 309 g/mol. The van der Waals surface area contributed by atoms with Gasteiger partial charge in [-0.05, 0) is 30.9 Å². The van der Waals surface area contributed by atoms with Crippen molar-refractivity contribution in [1.82, 2.24) is 16.0 Å². The van der Waals surface area contributed by atoms with Gasteiger partial charge in [0.15, 0.2) is 0 Å². The lowest BCUT2D eigenvalue weighted by Gasteiger charge is -2.09. The van der Waals surface area contributed by atoms with Crippen molar-refractivity contribution >= 4 is 11.9 Å². The molecule has 0 unspecified atom stereocenters. The lowest BCUT2D eigenvalue weighted by atomic mass is 10.1. The van der Waals surface area contributed by atoms with Crippen LogP contribution in [0.5, 0.6) is 0 Å². The molecule has 3 amide bonds. The summed E-state index contributed by atoms with van der Waals surface area (Å²) in [7, 11) is 0. The van der Waals surface area contributed by atoms with Gasteiger partial charge in [0.25, 0.3) is 5.91 Å². The maximum Gasteiger partial charge on any atom is 0.314 e. The van der Waals surface area contributed by atoms with Gasteiger partial charge in [0.05, 0.1) is 5.56 Å². The fourth-order valence-corrected chi connectivity index (χ4v) is 1.77. The predicted octanol–water partition coefficient (Wildman–Crippen LogP) is 2.29. The summed E-state index contributed by atoms with van der Waals surface area (Å²) in [6, 6.07) is 5.62. The molecule has 0 aromatic heterocycles. The molecule has 0 saturated carbocycles. The molecule has 1 aromatic carbocycles. The van der Waals surface area contributed by atoms with E-state index in [1.807, 2.05) is 0 Å². The highest BCUT2D eigenvalue weighted by molar-refractivity contribution is 5.94. The zero-order valence-electron chi connectivity index (χ0n) is 13.1. The molecule has 22 heavy (non-hydrogen) atoms. The highest BCUT2D eigenvalue weighted by atomic mass is 19.1. The van der Waals surface area contributed by atoms with Crippen LogP contribution in [-0.4, -0.2) is 31.6 Å². The second kappa shape index (κ2) is 9.76. The minimum absolute atomic E-state index is 0.0295. The standard InChI is InChI=1S/C16H24FN3O2/c1-12(2)8-11-20-16(22)19-10-5-9-18-15(21)13-6-3-4-7-14(13)17/h3-4,6-7,12H,5,8-11H2,1-2H3,(H,18,21)(H2,19,20,22). The van der Waals surface area contributed by atoms with Crippen LogP contribution < -0.4 is 16.0 Å². The Morgan fingerprint density at radius 2 is 1.68 bits per heavy atom. The molecule has 1 aromatic rings. The van der Waals surface area contributed by atoms with E-state index in [9.17, 15) is 14.0 Å². The minimum atomic E-state index is -0.539. The molecule has 3 N–H and O–H groups in total. The number of halogens is 1. The predicted molar refractivity (Wildman–Crippen MR) is 84.2 cm³/mol. The maximum absolute atomic E-state index is 13.4. The van der Waals surface area contributed by atoms with Gasteiger partial charge in [-0.25, -0.2) is 9.18 Å². The lowest BCUT2D eigenvalue weighted by Crippen LogP contribution is -2.38. The molecule has 5 nitrogen and oxygen atoms in total. The number of urea groups is 1. The highest BCUT2D eigenvalue weighted by Crippen LogP contribution is 2.05. The fraction of sp³-hybridized carbons (Fsp3) is 0.500. The van der Waals surface area contributed by atoms with E-state index in [0.717, 1.165) is 6.42 Å². The van der Waals surface area contributed by atoms with Crippen molar-refractivity contribution in [3.05, 3.63) is 35.6 Å². The molecule has 1 rings (SSSR count). The van der Waals surface area contributed by atoms with E-state index in [4.69, 9.17) is 0 Å². The number of hydrogen-bond acceptors (Lipinski definition) is 2. The first kappa shape index (κ1) is 17.9. The third kappa shape index (κ3) is 7.06. The monoisotopic (exact) mass is 309 g/mol. The third-order valence-electron chi connectivity index (χ3n) is 3.05. The molecule has 0 bridgehead atoms. The van der Waals surface area contributed by atoms with E-state index in [0.29, 0.717) is 32.0 Å². The summed E-state index contributed by atoms with van der Waals surface area (Å²) >= 11 is 0. The van der Waals surface area contributed by atoms with Crippen LogP contribution in [0, 0.1) is 11.7 Å². The van der Waals surface area contributed by atoms with Crippen LogP contribution in [0.3, 0.4) is 0 Å². The molecular formula is C16H24FN3O2. The summed E-state index contributed by atoms with van der Waals surface area (Å²) in [6.45, 7) is 5.66. The van der Waals surface area contributed by atoms with Crippen LogP contribution in [-0.2, 0) is 0 Å². The second-order valence-electron chi connectivity index (χ2n) is 5.45. The van der Waals surface area contributed by atoms with Crippen molar-refractivity contribution in [2.75, 3.05) is 19.6 Å². The number of hydrogen-bond donors (Lipinski definition) is 3. The van der Waals surface area contributed by atoms with Gasteiger partial charge >= 0.3 is 6.03 Å². The van der Waals surface area contributed by atoms with Gasteiger partial charge in [-0.2, -0.15) is 0 Å². The van der Waals surface area contributed by atoms with Crippen molar-refractivity contribution in [3.63, 3.8) is 0 Å². The van der Waals surface area contributed by atoms with Crippen molar-refractivity contribution < 1.29 is 14.0 Å². The van der Waals surface area contributed by atoms with Crippen molar-refractivity contribution in [3.8, 4) is 0 Å². The molecule has 6 heteroatoms. The van der Waals surface area contributed by atoms with Crippen molar-refractivity contribution in [1.29, 1.82) is 0 Å². The Morgan fingerprint density at radius 1 is 1.05 bits per heavy atom. The Kier molecular flexibility index (Phi) is 7.96. The van der Waals surface area contributed by atoms with Crippen LogP contribution in [0.4, 0.5) is 9.18 Å². The van der Waals surface area contributed by atoms with Gasteiger partial charge in [0, 0.05) is 19.6 Å². The van der Waals surface area contributed by atoms with Crippen LogP contribution >= 0.6 is 0 Å². The SMILES string of the molecule is CC(C)CCNC(=O)NCCCNC(=O)c1ccccc1F. The van der Waals surface area contributed by atoms with Crippen LogP contribution in [0.2, 0.25) is 0 Å². The van der Waals surface area contributed by atoms with Crippen molar-refractivity contribution in [2.24, 2.45) is 5.92 Å². The Balaban J connectivity index is 2.12. The molecule has 0 radical (unpaired) electrons. The van der Waals surface area contributed by atoms with E-state index in [2.05, 4.69) is 29.8 Å². The molecule has 0 saturated heterocycles. The maximum atomic E-state index is 13.4. The zero-order valence-corrected chi connectivity index (χ0v) is 13.1. The first-order valence-electron chi connectivity index (χ1n) is 7.55. The van der Waals surface area contributed by atoms with Crippen LogP contribution in [0.25, 0.3) is 0 Å². The Bertz CT molecular complexity index is 492. The number of benzene rings is 1. The molecule has 0 atom stereocenters. The van der Waals surface area contributed by atoms with E-state index in [1.54, 1.807) is 6.07 Å². The molecule has 0 aliphatic rings. The summed E-state index contributed by atoms with van der Waals surface area (Å²) in [5, 5.41) is 8.09. The van der Waals surface area contributed by atoms with E-state index in [1.165, 1.54) is 18.2 Å². The first-order valence-corrected chi connectivity index (χ1v) is 7.55. The summed E-state index contributed by atoms with van der Waals surface area (Å²) in [6.07, 6.45) is 1.52. The summed E-state index contributed by atoms with van der Waals surface area (Å²) in [4.78, 5) is 23.1. The summed E-state index contributed by atoms with van der Waals surface area (Å²) < 4.78 is 13.4. The van der Waals surface area contributed by atoms with E-state index >= 15 is 0 Å².